The first kappa shape index (κ1) is 14.5. The molecule has 1 heterocycles. The molecule has 19 heavy (non-hydrogen) atoms. The van der Waals surface area contributed by atoms with Crippen LogP contribution < -0.4 is 10.6 Å². The Morgan fingerprint density at radius 2 is 2.37 bits per heavy atom. The maximum atomic E-state index is 13.4. The Hall–Kier alpha value is -0.940. The summed E-state index contributed by atoms with van der Waals surface area (Å²) in [7, 11) is 0. The fourth-order valence-corrected chi connectivity index (χ4v) is 2.62. The Kier molecular flexibility index (Phi) is 4.93. The van der Waals surface area contributed by atoms with Gasteiger partial charge in [-0.3, -0.25) is 4.79 Å². The second-order valence-corrected chi connectivity index (χ2v) is 5.78. The van der Waals surface area contributed by atoms with Crippen molar-refractivity contribution in [2.75, 3.05) is 11.9 Å². The lowest BCUT2D eigenvalue weighted by Crippen LogP contribution is -2.46. The van der Waals surface area contributed by atoms with Gasteiger partial charge in [-0.2, -0.15) is 0 Å². The van der Waals surface area contributed by atoms with Crippen LogP contribution in [0, 0.1) is 11.7 Å². The van der Waals surface area contributed by atoms with E-state index in [1.54, 1.807) is 12.1 Å². The summed E-state index contributed by atoms with van der Waals surface area (Å²) in [5.41, 5.74) is 0.492. The maximum absolute atomic E-state index is 13.4. The number of benzene rings is 1. The third-order valence-corrected chi connectivity index (χ3v) is 4.24. The predicted octanol–water partition coefficient (Wildman–Crippen LogP) is 3.30. The van der Waals surface area contributed by atoms with Crippen molar-refractivity contribution in [3.8, 4) is 0 Å². The molecule has 1 aliphatic rings. The van der Waals surface area contributed by atoms with Gasteiger partial charge in [0.2, 0.25) is 5.91 Å². The van der Waals surface area contributed by atoms with Crippen molar-refractivity contribution in [1.29, 1.82) is 0 Å². The zero-order valence-corrected chi connectivity index (χ0v) is 12.5. The van der Waals surface area contributed by atoms with Gasteiger partial charge >= 0.3 is 0 Å². The molecule has 1 fully saturated rings. The van der Waals surface area contributed by atoms with E-state index in [0.29, 0.717) is 16.1 Å². The number of piperidine rings is 1. The lowest BCUT2D eigenvalue weighted by molar-refractivity contribution is -0.119. The van der Waals surface area contributed by atoms with Crippen LogP contribution in [0.2, 0.25) is 0 Å². The summed E-state index contributed by atoms with van der Waals surface area (Å²) < 4.78 is 13.8. The molecule has 0 radical (unpaired) electrons. The lowest BCUT2D eigenvalue weighted by atomic mass is 9.90. The topological polar surface area (TPSA) is 41.1 Å². The molecule has 3 nitrogen and oxygen atoms in total. The molecule has 1 aromatic carbocycles. The number of rotatable bonds is 3. The van der Waals surface area contributed by atoms with Gasteiger partial charge in [-0.05, 0) is 59.4 Å². The summed E-state index contributed by atoms with van der Waals surface area (Å²) in [5, 5.41) is 5.98. The second-order valence-electron chi connectivity index (χ2n) is 4.92. The van der Waals surface area contributed by atoms with E-state index in [1.807, 2.05) is 0 Å². The van der Waals surface area contributed by atoms with Crippen LogP contribution in [0.1, 0.15) is 26.2 Å². The lowest BCUT2D eigenvalue weighted by Gasteiger charge is -2.28. The molecule has 2 unspecified atom stereocenters. The van der Waals surface area contributed by atoms with Crippen molar-refractivity contribution in [2.24, 2.45) is 5.92 Å². The average Bonchev–Trinajstić information content (AvgIpc) is 2.43. The highest BCUT2D eigenvalue weighted by atomic mass is 79.9. The van der Waals surface area contributed by atoms with Gasteiger partial charge in [-0.1, -0.05) is 13.3 Å². The van der Waals surface area contributed by atoms with E-state index in [-0.39, 0.29) is 17.8 Å². The fourth-order valence-electron chi connectivity index (χ4n) is 2.37. The van der Waals surface area contributed by atoms with Gasteiger partial charge in [0.15, 0.2) is 0 Å². The fraction of sp³-hybridized carbons (Fsp3) is 0.500. The maximum Gasteiger partial charge on any atom is 0.241 e. The molecule has 2 atom stereocenters. The van der Waals surface area contributed by atoms with Crippen LogP contribution in [-0.2, 0) is 4.79 Å². The van der Waals surface area contributed by atoms with Gasteiger partial charge in [0, 0.05) is 5.69 Å². The van der Waals surface area contributed by atoms with E-state index in [1.165, 1.54) is 6.07 Å². The quantitative estimate of drug-likeness (QED) is 0.893. The molecule has 1 amide bonds. The standard InChI is InChI=1S/C14H18BrFN2O/c1-2-9-5-6-17-13(7-9)14(19)18-10-3-4-11(15)12(16)8-10/h3-4,8-9,13,17H,2,5-7H2,1H3,(H,18,19). The number of carbonyl (C=O) groups is 1. The van der Waals surface area contributed by atoms with E-state index in [4.69, 9.17) is 0 Å². The molecule has 0 spiro atoms. The first-order valence-corrected chi connectivity index (χ1v) is 7.38. The highest BCUT2D eigenvalue weighted by Gasteiger charge is 2.25. The van der Waals surface area contributed by atoms with Crippen LogP contribution in [-0.4, -0.2) is 18.5 Å². The van der Waals surface area contributed by atoms with Crippen LogP contribution in [0.15, 0.2) is 22.7 Å². The summed E-state index contributed by atoms with van der Waals surface area (Å²) in [6.45, 7) is 3.01. The van der Waals surface area contributed by atoms with E-state index in [2.05, 4.69) is 33.5 Å². The van der Waals surface area contributed by atoms with E-state index < -0.39 is 0 Å². The van der Waals surface area contributed by atoms with Crippen LogP contribution in [0.25, 0.3) is 0 Å². The smallest absolute Gasteiger partial charge is 0.241 e. The van der Waals surface area contributed by atoms with Gasteiger partial charge < -0.3 is 10.6 Å². The molecule has 1 saturated heterocycles. The van der Waals surface area contributed by atoms with Gasteiger partial charge in [0.1, 0.15) is 5.82 Å². The summed E-state index contributed by atoms with van der Waals surface area (Å²) in [4.78, 5) is 12.1. The number of amides is 1. The van der Waals surface area contributed by atoms with Crippen molar-refractivity contribution in [3.63, 3.8) is 0 Å². The SMILES string of the molecule is CCC1CCNC(C(=O)Nc2ccc(Br)c(F)c2)C1. The highest BCUT2D eigenvalue weighted by molar-refractivity contribution is 9.10. The van der Waals surface area contributed by atoms with Gasteiger partial charge in [0.05, 0.1) is 10.5 Å². The minimum absolute atomic E-state index is 0.0835. The molecule has 0 aromatic heterocycles. The minimum atomic E-state index is -0.374. The van der Waals surface area contributed by atoms with Crippen LogP contribution in [0.4, 0.5) is 10.1 Å². The Morgan fingerprint density at radius 1 is 1.58 bits per heavy atom. The molecular formula is C14H18BrFN2O. The van der Waals surface area contributed by atoms with Gasteiger partial charge in [-0.25, -0.2) is 4.39 Å². The van der Waals surface area contributed by atoms with Crippen LogP contribution >= 0.6 is 15.9 Å². The summed E-state index contributed by atoms with van der Waals surface area (Å²) in [6, 6.07) is 4.42. The normalized spacial score (nSPS) is 23.1. The van der Waals surface area contributed by atoms with Gasteiger partial charge in [-0.15, -0.1) is 0 Å². The van der Waals surface area contributed by atoms with Crippen LogP contribution in [0.3, 0.4) is 0 Å². The molecule has 2 rings (SSSR count). The Morgan fingerprint density at radius 3 is 3.05 bits per heavy atom. The van der Waals surface area contributed by atoms with Crippen molar-refractivity contribution in [3.05, 3.63) is 28.5 Å². The Bertz CT molecular complexity index is 467. The number of hydrogen-bond acceptors (Lipinski definition) is 2. The minimum Gasteiger partial charge on any atom is -0.325 e. The molecule has 1 aliphatic heterocycles. The molecule has 0 saturated carbocycles. The molecule has 104 valence electrons. The zero-order valence-electron chi connectivity index (χ0n) is 10.9. The number of nitrogens with one attached hydrogen (secondary N) is 2. The summed E-state index contributed by atoms with van der Waals surface area (Å²) >= 11 is 3.09. The largest absolute Gasteiger partial charge is 0.325 e. The Labute approximate surface area is 121 Å². The third kappa shape index (κ3) is 3.76. The van der Waals surface area contributed by atoms with Crippen molar-refractivity contribution in [1.82, 2.24) is 5.32 Å². The van der Waals surface area contributed by atoms with Crippen LogP contribution in [0.5, 0.6) is 0 Å². The summed E-state index contributed by atoms with van der Waals surface area (Å²) in [5.74, 6) is 0.138. The second kappa shape index (κ2) is 6.48. The predicted molar refractivity (Wildman–Crippen MR) is 77.5 cm³/mol. The van der Waals surface area contributed by atoms with Crippen molar-refractivity contribution < 1.29 is 9.18 Å². The molecule has 5 heteroatoms. The molecule has 2 N–H and O–H groups in total. The number of carbonyl (C=O) groups excluding carboxylic acids is 1. The molecule has 1 aromatic rings. The van der Waals surface area contributed by atoms with E-state index in [9.17, 15) is 9.18 Å². The van der Waals surface area contributed by atoms with E-state index >= 15 is 0 Å². The number of hydrogen-bond donors (Lipinski definition) is 2. The average molecular weight is 329 g/mol. The first-order chi connectivity index (χ1) is 9.10. The van der Waals surface area contributed by atoms with Crippen molar-refractivity contribution in [2.45, 2.75) is 32.2 Å². The Balaban J connectivity index is 1.98. The van der Waals surface area contributed by atoms with Gasteiger partial charge in [0.25, 0.3) is 0 Å². The third-order valence-electron chi connectivity index (χ3n) is 3.59. The zero-order chi connectivity index (χ0) is 13.8. The molecule has 0 bridgehead atoms. The van der Waals surface area contributed by atoms with E-state index in [0.717, 1.165) is 25.8 Å². The molecular weight excluding hydrogens is 311 g/mol. The monoisotopic (exact) mass is 328 g/mol. The molecule has 0 aliphatic carbocycles. The van der Waals surface area contributed by atoms with Crippen molar-refractivity contribution >= 4 is 27.5 Å². The highest BCUT2D eigenvalue weighted by Crippen LogP contribution is 2.22. The number of anilines is 1. The first-order valence-electron chi connectivity index (χ1n) is 6.59. The number of halogens is 2. The summed E-state index contributed by atoms with van der Waals surface area (Å²) in [6.07, 6.45) is 3.06.